The number of carbonyl (C=O) groups excluding carboxylic acids is 1. The minimum Gasteiger partial charge on any atom is -0.508 e. The Hall–Kier alpha value is -2.27. The van der Waals surface area contributed by atoms with Gasteiger partial charge in [0.05, 0.1) is 5.92 Å². The van der Waals surface area contributed by atoms with Crippen LogP contribution in [0.1, 0.15) is 39.5 Å². The summed E-state index contributed by atoms with van der Waals surface area (Å²) in [7, 11) is 0. The zero-order chi connectivity index (χ0) is 21.1. The number of piperazine rings is 1. The monoisotopic (exact) mass is 410 g/mol. The second kappa shape index (κ2) is 9.25. The van der Waals surface area contributed by atoms with Gasteiger partial charge in [0.1, 0.15) is 11.9 Å². The Bertz CT molecular complexity index is 806. The number of nitrogens with zero attached hydrogens (tertiary/aromatic N) is 2. The van der Waals surface area contributed by atoms with Crippen molar-refractivity contribution in [3.63, 3.8) is 0 Å². The van der Waals surface area contributed by atoms with Gasteiger partial charge in [0.2, 0.25) is 0 Å². The largest absolute Gasteiger partial charge is 0.508 e. The van der Waals surface area contributed by atoms with Crippen LogP contribution in [0.3, 0.4) is 0 Å². The second-order valence-electron chi connectivity index (χ2n) is 9.12. The maximum absolute atomic E-state index is 12.8. The SMILES string of the molecule is C/C1=C\[C@H]2OC(=O)[C@@H](CN3CCN(c4ccc(O)cc4)CC3)[C@@H]2CC/C(C)=C/CC1. The van der Waals surface area contributed by atoms with E-state index in [1.807, 2.05) is 12.1 Å². The van der Waals surface area contributed by atoms with Crippen LogP contribution < -0.4 is 4.90 Å². The Kier molecular flexibility index (Phi) is 6.47. The van der Waals surface area contributed by atoms with E-state index in [1.54, 1.807) is 12.1 Å². The maximum Gasteiger partial charge on any atom is 0.311 e. The Morgan fingerprint density at radius 2 is 1.77 bits per heavy atom. The zero-order valence-corrected chi connectivity index (χ0v) is 18.2. The highest BCUT2D eigenvalue weighted by atomic mass is 16.6. The Balaban J connectivity index is 1.39. The molecule has 5 heteroatoms. The molecule has 5 nitrogen and oxygen atoms in total. The summed E-state index contributed by atoms with van der Waals surface area (Å²) in [6.45, 7) is 8.91. The summed E-state index contributed by atoms with van der Waals surface area (Å²) in [6, 6.07) is 7.41. The van der Waals surface area contributed by atoms with Crippen molar-refractivity contribution in [1.29, 1.82) is 0 Å². The summed E-state index contributed by atoms with van der Waals surface area (Å²) < 4.78 is 5.86. The number of phenols is 1. The molecule has 4 rings (SSSR count). The molecule has 2 fully saturated rings. The molecule has 0 bridgehead atoms. The summed E-state index contributed by atoms with van der Waals surface area (Å²) in [5.74, 6) is 0.512. The smallest absolute Gasteiger partial charge is 0.311 e. The Morgan fingerprint density at radius 1 is 1.03 bits per heavy atom. The van der Waals surface area contributed by atoms with E-state index in [-0.39, 0.29) is 23.9 Å². The maximum atomic E-state index is 12.8. The highest BCUT2D eigenvalue weighted by molar-refractivity contribution is 5.76. The van der Waals surface area contributed by atoms with Crippen molar-refractivity contribution in [1.82, 2.24) is 4.90 Å². The number of fused-ring (bicyclic) bond motifs is 1. The van der Waals surface area contributed by atoms with Gasteiger partial charge >= 0.3 is 5.97 Å². The summed E-state index contributed by atoms with van der Waals surface area (Å²) in [4.78, 5) is 17.6. The number of hydrogen-bond acceptors (Lipinski definition) is 5. The van der Waals surface area contributed by atoms with E-state index in [0.717, 1.165) is 64.1 Å². The first-order valence-corrected chi connectivity index (χ1v) is 11.3. The average Bonchev–Trinajstić information content (AvgIpc) is 3.01. The number of hydrogen-bond donors (Lipinski definition) is 1. The molecule has 1 aliphatic carbocycles. The topological polar surface area (TPSA) is 53.0 Å². The van der Waals surface area contributed by atoms with Crippen molar-refractivity contribution in [2.75, 3.05) is 37.6 Å². The predicted octanol–water partition coefficient (Wildman–Crippen LogP) is 4.14. The van der Waals surface area contributed by atoms with Gasteiger partial charge in [-0.1, -0.05) is 17.2 Å². The zero-order valence-electron chi connectivity index (χ0n) is 18.2. The van der Waals surface area contributed by atoms with Gasteiger partial charge in [-0.3, -0.25) is 9.69 Å². The highest BCUT2D eigenvalue weighted by Crippen LogP contribution is 2.36. The highest BCUT2D eigenvalue weighted by Gasteiger charge is 2.44. The molecule has 2 heterocycles. The fourth-order valence-electron chi connectivity index (χ4n) is 4.98. The predicted molar refractivity (Wildman–Crippen MR) is 120 cm³/mol. The minimum atomic E-state index is -0.0633. The fourth-order valence-corrected chi connectivity index (χ4v) is 4.98. The van der Waals surface area contributed by atoms with Crippen LogP contribution in [0.5, 0.6) is 5.75 Å². The molecule has 2 saturated heterocycles. The van der Waals surface area contributed by atoms with Crippen molar-refractivity contribution in [2.45, 2.75) is 45.6 Å². The third-order valence-electron chi connectivity index (χ3n) is 6.89. The van der Waals surface area contributed by atoms with E-state index in [0.29, 0.717) is 5.75 Å². The molecule has 0 radical (unpaired) electrons. The van der Waals surface area contributed by atoms with E-state index >= 15 is 0 Å². The van der Waals surface area contributed by atoms with E-state index in [2.05, 4.69) is 35.8 Å². The summed E-state index contributed by atoms with van der Waals surface area (Å²) >= 11 is 0. The molecule has 0 spiro atoms. The first-order valence-electron chi connectivity index (χ1n) is 11.3. The number of ether oxygens (including phenoxy) is 1. The molecular formula is C25H34N2O3. The van der Waals surface area contributed by atoms with Gasteiger partial charge in [-0.25, -0.2) is 0 Å². The van der Waals surface area contributed by atoms with Crippen molar-refractivity contribution in [2.24, 2.45) is 11.8 Å². The molecule has 162 valence electrons. The third-order valence-corrected chi connectivity index (χ3v) is 6.89. The number of esters is 1. The van der Waals surface area contributed by atoms with E-state index in [9.17, 15) is 9.90 Å². The van der Waals surface area contributed by atoms with Crippen molar-refractivity contribution in [3.8, 4) is 5.75 Å². The normalized spacial score (nSPS) is 31.9. The third kappa shape index (κ3) is 4.89. The molecule has 2 aliphatic heterocycles. The molecule has 0 saturated carbocycles. The van der Waals surface area contributed by atoms with E-state index in [1.165, 1.54) is 11.1 Å². The molecule has 1 aromatic carbocycles. The van der Waals surface area contributed by atoms with Gasteiger partial charge in [-0.15, -0.1) is 0 Å². The number of phenolic OH excluding ortho intramolecular Hbond substituents is 1. The number of aromatic hydroxyl groups is 1. The van der Waals surface area contributed by atoms with Crippen LogP contribution in [0, 0.1) is 11.8 Å². The van der Waals surface area contributed by atoms with Gasteiger partial charge < -0.3 is 14.7 Å². The first kappa shape index (κ1) is 21.0. The number of carbonyl (C=O) groups is 1. The molecule has 0 aromatic heterocycles. The van der Waals surface area contributed by atoms with Crippen LogP contribution >= 0.6 is 0 Å². The lowest BCUT2D eigenvalue weighted by atomic mass is 9.83. The lowest BCUT2D eigenvalue weighted by Gasteiger charge is -2.37. The molecule has 1 aromatic rings. The standard InChI is InChI=1S/C25H34N2O3/c1-18-4-3-5-19(2)16-24-22(11-6-18)23(25(29)30-24)17-26-12-14-27(15-13-26)20-7-9-21(28)10-8-20/h4,7-10,16,22-24,28H,3,5-6,11-15,17H2,1-2H3/b18-4+,19-16+/t22-,23-,24+/m0/s1. The quantitative estimate of drug-likeness (QED) is 0.600. The molecule has 1 N–H and O–H groups in total. The molecular weight excluding hydrogens is 376 g/mol. The van der Waals surface area contributed by atoms with Gasteiger partial charge in [0.25, 0.3) is 0 Å². The van der Waals surface area contributed by atoms with Crippen LogP contribution in [0.25, 0.3) is 0 Å². The fraction of sp³-hybridized carbons (Fsp3) is 0.560. The second-order valence-corrected chi connectivity index (χ2v) is 9.12. The molecule has 3 aliphatic rings. The van der Waals surface area contributed by atoms with Crippen LogP contribution in [0.4, 0.5) is 5.69 Å². The molecule has 30 heavy (non-hydrogen) atoms. The Labute approximate surface area is 180 Å². The minimum absolute atomic E-state index is 0.0177. The first-order chi connectivity index (χ1) is 14.5. The number of anilines is 1. The lowest BCUT2D eigenvalue weighted by molar-refractivity contribution is -0.143. The van der Waals surface area contributed by atoms with Crippen LogP contribution in [-0.2, 0) is 9.53 Å². The summed E-state index contributed by atoms with van der Waals surface area (Å²) in [5.41, 5.74) is 3.90. The van der Waals surface area contributed by atoms with Crippen molar-refractivity contribution < 1.29 is 14.6 Å². The molecule has 0 amide bonds. The number of allylic oxidation sites excluding steroid dienone is 3. The van der Waals surface area contributed by atoms with Gasteiger partial charge in [0, 0.05) is 44.3 Å². The van der Waals surface area contributed by atoms with Crippen LogP contribution in [0.15, 0.2) is 47.6 Å². The van der Waals surface area contributed by atoms with E-state index < -0.39 is 0 Å². The van der Waals surface area contributed by atoms with Crippen molar-refractivity contribution >= 4 is 11.7 Å². The van der Waals surface area contributed by atoms with Crippen LogP contribution in [0.2, 0.25) is 0 Å². The molecule has 3 atom stereocenters. The summed E-state index contributed by atoms with van der Waals surface area (Å²) in [6.07, 6.45) is 8.69. The lowest BCUT2D eigenvalue weighted by Crippen LogP contribution is -2.48. The number of benzene rings is 1. The Morgan fingerprint density at radius 3 is 2.50 bits per heavy atom. The van der Waals surface area contributed by atoms with Crippen LogP contribution in [-0.4, -0.2) is 54.8 Å². The summed E-state index contributed by atoms with van der Waals surface area (Å²) in [5, 5.41) is 9.50. The number of rotatable bonds is 3. The van der Waals surface area contributed by atoms with Gasteiger partial charge in [0.15, 0.2) is 0 Å². The molecule has 0 unspecified atom stereocenters. The van der Waals surface area contributed by atoms with E-state index in [4.69, 9.17) is 4.74 Å². The van der Waals surface area contributed by atoms with Gasteiger partial charge in [-0.2, -0.15) is 0 Å². The van der Waals surface area contributed by atoms with Gasteiger partial charge in [-0.05, 0) is 69.9 Å². The van der Waals surface area contributed by atoms with Crippen molar-refractivity contribution in [3.05, 3.63) is 47.6 Å². The average molecular weight is 411 g/mol.